The molecule has 0 heterocycles. The molecule has 0 atom stereocenters. The molecule has 0 N–H and O–H groups in total. The molecule has 23 heavy (non-hydrogen) atoms. The van der Waals surface area contributed by atoms with Gasteiger partial charge in [-0.3, -0.25) is 0 Å². The van der Waals surface area contributed by atoms with Crippen LogP contribution in [0.4, 0.5) is 0 Å². The zero-order valence-corrected chi connectivity index (χ0v) is 14.7. The normalized spacial score (nSPS) is 15.5. The molecule has 0 saturated carbocycles. The summed E-state index contributed by atoms with van der Waals surface area (Å²) in [5, 5.41) is 0.911. The van der Waals surface area contributed by atoms with Crippen molar-refractivity contribution in [2.24, 2.45) is 0 Å². The van der Waals surface area contributed by atoms with Crippen molar-refractivity contribution in [1.29, 1.82) is 0 Å². The highest BCUT2D eigenvalue weighted by atomic mass is 35.5. The Bertz CT molecular complexity index is 787. The van der Waals surface area contributed by atoms with E-state index in [1.165, 1.54) is 35.1 Å². The summed E-state index contributed by atoms with van der Waals surface area (Å²) in [5.41, 5.74) is 10.1. The number of allylic oxidation sites excluding steroid dienone is 1. The standard InChI is InChI=1S/C21H20Cl2/c22-12-2-3-14-6-8-16-15(13-14)7-9-19-17-4-1-5-21(23)20(17)11-10-18(16)19/h1,4-5,7,9,13H,2-3,6,8,10-12H2. The van der Waals surface area contributed by atoms with Crippen molar-refractivity contribution in [2.75, 3.05) is 5.88 Å². The van der Waals surface area contributed by atoms with Gasteiger partial charge in [-0.1, -0.05) is 47.5 Å². The van der Waals surface area contributed by atoms with Gasteiger partial charge in [0.05, 0.1) is 0 Å². The largest absolute Gasteiger partial charge is 0.127 e. The summed E-state index contributed by atoms with van der Waals surface area (Å²) in [6.07, 6.45) is 9.14. The Balaban J connectivity index is 1.78. The first-order chi connectivity index (χ1) is 11.3. The van der Waals surface area contributed by atoms with E-state index in [0.717, 1.165) is 36.6 Å². The van der Waals surface area contributed by atoms with Gasteiger partial charge >= 0.3 is 0 Å². The average Bonchev–Trinajstić information content (AvgIpc) is 2.59. The molecule has 0 spiro atoms. The zero-order valence-electron chi connectivity index (χ0n) is 13.2. The number of fused-ring (bicyclic) bond motifs is 5. The number of halogens is 2. The molecule has 0 bridgehead atoms. The fourth-order valence-corrected chi connectivity index (χ4v) is 4.47. The molecular formula is C21H20Cl2. The average molecular weight is 343 g/mol. The lowest BCUT2D eigenvalue weighted by molar-refractivity contribution is 0.803. The van der Waals surface area contributed by atoms with Crippen molar-refractivity contribution in [2.45, 2.75) is 38.5 Å². The Hall–Kier alpha value is -1.24. The van der Waals surface area contributed by atoms with Crippen LogP contribution in [0.5, 0.6) is 0 Å². The minimum absolute atomic E-state index is 0.756. The third-order valence-electron chi connectivity index (χ3n) is 5.19. The maximum atomic E-state index is 6.40. The predicted molar refractivity (Wildman–Crippen MR) is 101 cm³/mol. The Morgan fingerprint density at radius 1 is 0.826 bits per heavy atom. The molecule has 2 aliphatic rings. The summed E-state index contributed by atoms with van der Waals surface area (Å²) < 4.78 is 0. The number of benzene rings is 2. The van der Waals surface area contributed by atoms with E-state index in [1.807, 2.05) is 6.07 Å². The molecule has 0 unspecified atom stereocenters. The van der Waals surface area contributed by atoms with Gasteiger partial charge in [0.2, 0.25) is 0 Å². The van der Waals surface area contributed by atoms with Crippen LogP contribution in [0.15, 0.2) is 35.9 Å². The molecular weight excluding hydrogens is 323 g/mol. The van der Waals surface area contributed by atoms with Crippen LogP contribution in [0, 0.1) is 0 Å². The quantitative estimate of drug-likeness (QED) is 0.562. The molecule has 0 aliphatic heterocycles. The van der Waals surface area contributed by atoms with Gasteiger partial charge in [-0.15, -0.1) is 11.6 Å². The third kappa shape index (κ3) is 2.73. The fourth-order valence-electron chi connectivity index (χ4n) is 4.06. The van der Waals surface area contributed by atoms with Crippen LogP contribution in [0.25, 0.3) is 17.2 Å². The Morgan fingerprint density at radius 3 is 2.48 bits per heavy atom. The van der Waals surface area contributed by atoms with Crippen molar-refractivity contribution >= 4 is 29.3 Å². The summed E-state index contributed by atoms with van der Waals surface area (Å²) >= 11 is 12.2. The van der Waals surface area contributed by atoms with E-state index >= 15 is 0 Å². The number of rotatable bonds is 3. The van der Waals surface area contributed by atoms with Gasteiger partial charge in [-0.25, -0.2) is 0 Å². The highest BCUT2D eigenvalue weighted by molar-refractivity contribution is 6.31. The second-order valence-corrected chi connectivity index (χ2v) is 7.31. The SMILES string of the molecule is ClCCCC1=Cc2ccc3c(c2CC1)CCc1c(Cl)cccc1-3. The number of alkyl halides is 1. The van der Waals surface area contributed by atoms with Crippen LogP contribution in [0.2, 0.25) is 5.02 Å². The topological polar surface area (TPSA) is 0 Å². The van der Waals surface area contributed by atoms with Crippen molar-refractivity contribution < 1.29 is 0 Å². The first-order valence-corrected chi connectivity index (χ1v) is 9.37. The molecule has 0 aromatic heterocycles. The summed E-state index contributed by atoms with van der Waals surface area (Å²) in [5.74, 6) is 0.756. The van der Waals surface area contributed by atoms with Gasteiger partial charge in [0.25, 0.3) is 0 Å². The van der Waals surface area contributed by atoms with Gasteiger partial charge in [0.1, 0.15) is 0 Å². The van der Waals surface area contributed by atoms with E-state index in [1.54, 1.807) is 16.7 Å². The number of hydrogen-bond acceptors (Lipinski definition) is 0. The predicted octanol–water partition coefficient (Wildman–Crippen LogP) is 6.45. The second kappa shape index (κ2) is 6.34. The van der Waals surface area contributed by atoms with Crippen LogP contribution in [-0.2, 0) is 19.3 Å². The van der Waals surface area contributed by atoms with E-state index in [9.17, 15) is 0 Å². The first kappa shape index (κ1) is 15.3. The van der Waals surface area contributed by atoms with Crippen LogP contribution < -0.4 is 0 Å². The molecule has 0 radical (unpaired) electrons. The van der Waals surface area contributed by atoms with Gasteiger partial charge < -0.3 is 0 Å². The van der Waals surface area contributed by atoms with Crippen molar-refractivity contribution in [3.8, 4) is 11.1 Å². The Morgan fingerprint density at radius 2 is 1.61 bits per heavy atom. The van der Waals surface area contributed by atoms with Crippen LogP contribution >= 0.6 is 23.2 Å². The monoisotopic (exact) mass is 342 g/mol. The van der Waals surface area contributed by atoms with Crippen LogP contribution in [-0.4, -0.2) is 5.88 Å². The van der Waals surface area contributed by atoms with E-state index in [2.05, 4.69) is 30.3 Å². The lowest BCUT2D eigenvalue weighted by Gasteiger charge is -2.27. The Kier molecular flexibility index (Phi) is 4.22. The molecule has 118 valence electrons. The molecule has 0 fully saturated rings. The van der Waals surface area contributed by atoms with Gasteiger partial charge in [-0.2, -0.15) is 0 Å². The first-order valence-electron chi connectivity index (χ1n) is 8.46. The molecule has 0 nitrogen and oxygen atoms in total. The van der Waals surface area contributed by atoms with Crippen molar-refractivity contribution in [1.82, 2.24) is 0 Å². The van der Waals surface area contributed by atoms with Gasteiger partial charge in [-0.05, 0) is 78.0 Å². The highest BCUT2D eigenvalue weighted by Crippen LogP contribution is 2.41. The van der Waals surface area contributed by atoms with E-state index in [4.69, 9.17) is 23.2 Å². The van der Waals surface area contributed by atoms with Crippen molar-refractivity contribution in [3.63, 3.8) is 0 Å². The Labute approximate surface area is 148 Å². The molecule has 2 aromatic rings. The molecule has 4 rings (SSSR count). The fraction of sp³-hybridized carbons (Fsp3) is 0.333. The maximum absolute atomic E-state index is 6.40. The summed E-state index contributed by atoms with van der Waals surface area (Å²) in [4.78, 5) is 0. The lowest BCUT2D eigenvalue weighted by atomic mass is 9.78. The third-order valence-corrected chi connectivity index (χ3v) is 5.81. The summed E-state index contributed by atoms with van der Waals surface area (Å²) in [6.45, 7) is 0. The van der Waals surface area contributed by atoms with E-state index in [0.29, 0.717) is 0 Å². The minimum Gasteiger partial charge on any atom is -0.127 e. The second-order valence-electron chi connectivity index (χ2n) is 6.52. The molecule has 2 heteroatoms. The van der Waals surface area contributed by atoms with Crippen molar-refractivity contribution in [3.05, 3.63) is 63.2 Å². The van der Waals surface area contributed by atoms with Gasteiger partial charge in [0.15, 0.2) is 0 Å². The number of hydrogen-bond donors (Lipinski definition) is 0. The van der Waals surface area contributed by atoms with E-state index in [-0.39, 0.29) is 0 Å². The zero-order chi connectivity index (χ0) is 15.8. The molecule has 0 amide bonds. The van der Waals surface area contributed by atoms with Crippen LogP contribution in [0.3, 0.4) is 0 Å². The summed E-state index contributed by atoms with van der Waals surface area (Å²) in [6, 6.07) is 10.9. The highest BCUT2D eigenvalue weighted by Gasteiger charge is 2.23. The maximum Gasteiger partial charge on any atom is 0.0444 e. The summed E-state index contributed by atoms with van der Waals surface area (Å²) in [7, 11) is 0. The smallest absolute Gasteiger partial charge is 0.0444 e. The lowest BCUT2D eigenvalue weighted by Crippen LogP contribution is -2.11. The van der Waals surface area contributed by atoms with Crippen LogP contribution in [0.1, 0.15) is 41.5 Å². The molecule has 0 saturated heterocycles. The minimum atomic E-state index is 0.756. The van der Waals surface area contributed by atoms with Gasteiger partial charge in [0, 0.05) is 10.9 Å². The molecule has 2 aliphatic carbocycles. The van der Waals surface area contributed by atoms with E-state index < -0.39 is 0 Å². The molecule has 2 aromatic carbocycles.